The van der Waals surface area contributed by atoms with Gasteiger partial charge in [0.15, 0.2) is 0 Å². The highest BCUT2D eigenvalue weighted by Crippen LogP contribution is 2.28. The summed E-state index contributed by atoms with van der Waals surface area (Å²) in [5, 5.41) is 1.31. The molecule has 1 aliphatic heterocycles. The van der Waals surface area contributed by atoms with Crippen LogP contribution in [0.25, 0.3) is 10.9 Å². The third-order valence-electron chi connectivity index (χ3n) is 4.16. The van der Waals surface area contributed by atoms with Crippen LogP contribution >= 0.6 is 12.2 Å². The minimum absolute atomic E-state index is 0.883. The number of aromatic amines is 1. The maximum atomic E-state index is 5.72. The van der Waals surface area contributed by atoms with E-state index < -0.39 is 0 Å². The third kappa shape index (κ3) is 2.14. The van der Waals surface area contributed by atoms with E-state index in [9.17, 15) is 0 Å². The highest BCUT2D eigenvalue weighted by molar-refractivity contribution is 7.80. The quantitative estimate of drug-likeness (QED) is 0.722. The molecule has 0 unspecified atom stereocenters. The van der Waals surface area contributed by atoms with E-state index in [-0.39, 0.29) is 0 Å². The second-order valence-corrected chi connectivity index (χ2v) is 5.87. The largest absolute Gasteiger partial charge is 0.356 e. The average Bonchev–Trinajstić information content (AvgIpc) is 2.91. The number of thiocarbonyl (C=S) groups is 1. The summed E-state index contributed by atoms with van der Waals surface area (Å²) in [6.45, 7) is 1.87. The first-order chi connectivity index (χ1) is 10.3. The van der Waals surface area contributed by atoms with Gasteiger partial charge in [-0.3, -0.25) is 0 Å². The highest BCUT2D eigenvalue weighted by atomic mass is 32.1. The molecule has 0 atom stereocenters. The Kier molecular flexibility index (Phi) is 3.00. The second kappa shape index (κ2) is 5.01. The molecular weight excluding hydrogens is 276 g/mol. The molecule has 0 saturated carbocycles. The fourth-order valence-corrected chi connectivity index (χ4v) is 3.43. The minimum atomic E-state index is 0.883. The first-order valence-electron chi connectivity index (χ1n) is 7.26. The predicted molar refractivity (Wildman–Crippen MR) is 90.6 cm³/mol. The van der Waals surface area contributed by atoms with Crippen molar-refractivity contribution in [3.63, 3.8) is 0 Å². The maximum absolute atomic E-state index is 5.72. The summed E-state index contributed by atoms with van der Waals surface area (Å²) in [6.07, 6.45) is 1.05. The Balaban J connectivity index is 1.69. The summed E-state index contributed by atoms with van der Waals surface area (Å²) in [5.41, 5.74) is 5.00. The van der Waals surface area contributed by atoms with E-state index >= 15 is 0 Å². The Morgan fingerprint density at radius 2 is 1.76 bits per heavy atom. The molecule has 3 heteroatoms. The van der Waals surface area contributed by atoms with Gasteiger partial charge in [-0.05, 0) is 23.6 Å². The van der Waals surface area contributed by atoms with Crippen LogP contribution in [-0.4, -0.2) is 21.4 Å². The standard InChI is InChI=1S/C18H16N2S/c21-18-17-15(14-8-4-5-9-16(14)19-17)10-11-20(18)12-13-6-2-1-3-7-13/h1-9,19H,10-12H2. The molecule has 0 saturated heterocycles. The van der Waals surface area contributed by atoms with Gasteiger partial charge in [-0.25, -0.2) is 0 Å². The van der Waals surface area contributed by atoms with Crippen LogP contribution in [0, 0.1) is 0 Å². The van der Waals surface area contributed by atoms with Crippen molar-refractivity contribution in [2.75, 3.05) is 6.54 Å². The topological polar surface area (TPSA) is 19.0 Å². The Hall–Kier alpha value is -2.13. The van der Waals surface area contributed by atoms with Gasteiger partial charge in [0.25, 0.3) is 0 Å². The number of benzene rings is 2. The molecule has 0 fully saturated rings. The lowest BCUT2D eigenvalue weighted by molar-refractivity contribution is 0.415. The molecule has 2 heterocycles. The van der Waals surface area contributed by atoms with Gasteiger partial charge in [-0.1, -0.05) is 60.7 Å². The van der Waals surface area contributed by atoms with Gasteiger partial charge in [0, 0.05) is 24.0 Å². The maximum Gasteiger partial charge on any atom is 0.126 e. The number of fused-ring (bicyclic) bond motifs is 3. The van der Waals surface area contributed by atoms with Crippen LogP contribution in [0.3, 0.4) is 0 Å². The van der Waals surface area contributed by atoms with Crippen LogP contribution in [0.5, 0.6) is 0 Å². The van der Waals surface area contributed by atoms with Gasteiger partial charge in [0.1, 0.15) is 4.99 Å². The fourth-order valence-electron chi connectivity index (χ4n) is 3.10. The van der Waals surface area contributed by atoms with Crippen molar-refractivity contribution >= 4 is 28.1 Å². The molecule has 1 aliphatic rings. The number of rotatable bonds is 2. The SMILES string of the molecule is S=C1c2[nH]c3ccccc3c2CCN1Cc1ccccc1. The zero-order valence-electron chi connectivity index (χ0n) is 11.7. The van der Waals surface area contributed by atoms with Crippen molar-refractivity contribution in [1.29, 1.82) is 0 Å². The smallest absolute Gasteiger partial charge is 0.126 e. The summed E-state index contributed by atoms with van der Waals surface area (Å²) in [5.74, 6) is 0. The normalized spacial score (nSPS) is 14.5. The van der Waals surface area contributed by atoms with Crippen molar-refractivity contribution in [1.82, 2.24) is 9.88 Å². The zero-order chi connectivity index (χ0) is 14.2. The molecular formula is C18H16N2S. The van der Waals surface area contributed by atoms with Crippen molar-refractivity contribution in [3.05, 3.63) is 71.4 Å². The van der Waals surface area contributed by atoms with E-state index in [0.29, 0.717) is 0 Å². The van der Waals surface area contributed by atoms with Crippen molar-refractivity contribution in [2.45, 2.75) is 13.0 Å². The molecule has 1 N–H and O–H groups in total. The Morgan fingerprint density at radius 3 is 2.62 bits per heavy atom. The number of aromatic nitrogens is 1. The number of H-pyrrole nitrogens is 1. The molecule has 0 aliphatic carbocycles. The Bertz CT molecular complexity index is 804. The summed E-state index contributed by atoms with van der Waals surface area (Å²) < 4.78 is 0. The molecule has 0 bridgehead atoms. The monoisotopic (exact) mass is 292 g/mol. The molecule has 104 valence electrons. The van der Waals surface area contributed by atoms with Crippen LogP contribution in [0.15, 0.2) is 54.6 Å². The molecule has 2 nitrogen and oxygen atoms in total. The predicted octanol–water partition coefficient (Wildman–Crippen LogP) is 3.90. The van der Waals surface area contributed by atoms with Gasteiger partial charge in [-0.15, -0.1) is 0 Å². The first-order valence-corrected chi connectivity index (χ1v) is 7.66. The van der Waals surface area contributed by atoms with Crippen LogP contribution in [0.4, 0.5) is 0 Å². The summed E-state index contributed by atoms with van der Waals surface area (Å²) >= 11 is 5.72. The Labute approximate surface area is 129 Å². The van der Waals surface area contributed by atoms with E-state index in [1.54, 1.807) is 0 Å². The highest BCUT2D eigenvalue weighted by Gasteiger charge is 2.24. The number of hydrogen-bond acceptors (Lipinski definition) is 1. The molecule has 0 spiro atoms. The van der Waals surface area contributed by atoms with E-state index in [1.807, 2.05) is 6.07 Å². The second-order valence-electron chi connectivity index (χ2n) is 5.49. The zero-order valence-corrected chi connectivity index (χ0v) is 12.5. The summed E-state index contributed by atoms with van der Waals surface area (Å²) in [6, 6.07) is 19.0. The number of para-hydroxylation sites is 1. The lowest BCUT2D eigenvalue weighted by atomic mass is 10.0. The molecule has 1 aromatic heterocycles. The fraction of sp³-hybridized carbons (Fsp3) is 0.167. The van der Waals surface area contributed by atoms with Gasteiger partial charge >= 0.3 is 0 Å². The van der Waals surface area contributed by atoms with Gasteiger partial charge < -0.3 is 9.88 Å². The van der Waals surface area contributed by atoms with Crippen LogP contribution in [-0.2, 0) is 13.0 Å². The van der Waals surface area contributed by atoms with Crippen LogP contribution in [0.2, 0.25) is 0 Å². The summed E-state index contributed by atoms with van der Waals surface area (Å²) in [7, 11) is 0. The molecule has 21 heavy (non-hydrogen) atoms. The van der Waals surface area contributed by atoms with E-state index in [1.165, 1.54) is 22.0 Å². The lowest BCUT2D eigenvalue weighted by Crippen LogP contribution is -2.36. The summed E-state index contributed by atoms with van der Waals surface area (Å²) in [4.78, 5) is 6.73. The number of hydrogen-bond donors (Lipinski definition) is 1. The van der Waals surface area contributed by atoms with Crippen LogP contribution in [0.1, 0.15) is 16.8 Å². The number of nitrogens with zero attached hydrogens (tertiary/aromatic N) is 1. The molecule has 2 aromatic carbocycles. The first kappa shape index (κ1) is 12.6. The molecule has 4 rings (SSSR count). The van der Waals surface area contributed by atoms with Gasteiger partial charge in [0.05, 0.1) is 5.69 Å². The van der Waals surface area contributed by atoms with Crippen molar-refractivity contribution in [3.8, 4) is 0 Å². The minimum Gasteiger partial charge on any atom is -0.356 e. The Morgan fingerprint density at radius 1 is 1.00 bits per heavy atom. The van der Waals surface area contributed by atoms with Gasteiger partial charge in [0.2, 0.25) is 0 Å². The lowest BCUT2D eigenvalue weighted by Gasteiger charge is -2.29. The van der Waals surface area contributed by atoms with Crippen LogP contribution < -0.4 is 0 Å². The van der Waals surface area contributed by atoms with E-state index in [4.69, 9.17) is 12.2 Å². The molecule has 3 aromatic rings. The van der Waals surface area contributed by atoms with E-state index in [0.717, 1.165) is 30.2 Å². The third-order valence-corrected chi connectivity index (χ3v) is 4.63. The van der Waals surface area contributed by atoms with Crippen molar-refractivity contribution < 1.29 is 0 Å². The van der Waals surface area contributed by atoms with E-state index in [2.05, 4.69) is 58.4 Å². The molecule has 0 amide bonds. The van der Waals surface area contributed by atoms with Crippen molar-refractivity contribution in [2.24, 2.45) is 0 Å². The van der Waals surface area contributed by atoms with Gasteiger partial charge in [-0.2, -0.15) is 0 Å². The molecule has 0 radical (unpaired) electrons. The number of nitrogens with one attached hydrogen (secondary N) is 1. The average molecular weight is 292 g/mol.